The number of aromatic nitrogens is 3. The molecule has 2 rings (SSSR count). The summed E-state index contributed by atoms with van der Waals surface area (Å²) in [6.07, 6.45) is 5.35. The summed E-state index contributed by atoms with van der Waals surface area (Å²) in [5.41, 5.74) is 9.83. The minimum Gasteiger partial charge on any atom is -0.324 e. The zero-order chi connectivity index (χ0) is 12.4. The minimum absolute atomic E-state index is 0.0426. The minimum atomic E-state index is -0.0426. The van der Waals surface area contributed by atoms with E-state index in [0.717, 1.165) is 22.4 Å². The maximum absolute atomic E-state index is 5.84. The predicted molar refractivity (Wildman–Crippen MR) is 67.3 cm³/mol. The number of nitrogens with two attached hydrogens (primary N) is 1. The first-order chi connectivity index (χ1) is 8.09. The molecule has 0 aliphatic rings. The molecule has 2 aromatic heterocycles. The number of nitrogens with zero attached hydrogens (tertiary/aromatic N) is 3. The monoisotopic (exact) mass is 228 g/mol. The molecule has 0 saturated carbocycles. The van der Waals surface area contributed by atoms with Crippen molar-refractivity contribution in [2.24, 2.45) is 5.73 Å². The van der Waals surface area contributed by atoms with E-state index in [0.29, 0.717) is 5.82 Å². The summed E-state index contributed by atoms with van der Waals surface area (Å²) in [4.78, 5) is 13.0. The van der Waals surface area contributed by atoms with Gasteiger partial charge in [0.2, 0.25) is 0 Å². The highest BCUT2D eigenvalue weighted by atomic mass is 14.9. The van der Waals surface area contributed by atoms with Crippen molar-refractivity contribution in [3.8, 4) is 11.4 Å². The number of aryl methyl sites for hydroxylation is 2. The van der Waals surface area contributed by atoms with Crippen LogP contribution in [0.1, 0.15) is 29.8 Å². The number of rotatable bonds is 2. The van der Waals surface area contributed by atoms with Gasteiger partial charge in [0.15, 0.2) is 5.82 Å². The maximum Gasteiger partial charge on any atom is 0.161 e. The van der Waals surface area contributed by atoms with Gasteiger partial charge >= 0.3 is 0 Å². The van der Waals surface area contributed by atoms with Crippen molar-refractivity contribution < 1.29 is 0 Å². The first-order valence-electron chi connectivity index (χ1n) is 5.59. The topological polar surface area (TPSA) is 64.7 Å². The van der Waals surface area contributed by atoms with Crippen LogP contribution in [0, 0.1) is 13.8 Å². The van der Waals surface area contributed by atoms with Gasteiger partial charge in [-0.15, -0.1) is 0 Å². The van der Waals surface area contributed by atoms with Crippen molar-refractivity contribution in [1.82, 2.24) is 15.0 Å². The Morgan fingerprint density at radius 2 is 2.00 bits per heavy atom. The molecule has 0 radical (unpaired) electrons. The van der Waals surface area contributed by atoms with Gasteiger partial charge in [-0.1, -0.05) is 0 Å². The van der Waals surface area contributed by atoms with Crippen LogP contribution in [0.2, 0.25) is 0 Å². The van der Waals surface area contributed by atoms with Crippen LogP contribution in [-0.4, -0.2) is 15.0 Å². The normalized spacial score (nSPS) is 12.5. The SMILES string of the molecule is Cc1ccncc1-c1ncc([C@H](C)N)c(C)n1. The number of pyridine rings is 1. The van der Waals surface area contributed by atoms with Crippen molar-refractivity contribution in [1.29, 1.82) is 0 Å². The molecule has 0 bridgehead atoms. The second kappa shape index (κ2) is 4.59. The van der Waals surface area contributed by atoms with Gasteiger partial charge in [0.05, 0.1) is 0 Å². The molecule has 2 aromatic rings. The summed E-state index contributed by atoms with van der Waals surface area (Å²) >= 11 is 0. The lowest BCUT2D eigenvalue weighted by Gasteiger charge is -2.10. The zero-order valence-corrected chi connectivity index (χ0v) is 10.3. The van der Waals surface area contributed by atoms with Gasteiger partial charge in [-0.25, -0.2) is 9.97 Å². The van der Waals surface area contributed by atoms with Crippen molar-refractivity contribution in [2.75, 3.05) is 0 Å². The third-order valence-electron chi connectivity index (χ3n) is 2.79. The molecule has 2 heterocycles. The first kappa shape index (κ1) is 11.7. The number of hydrogen-bond acceptors (Lipinski definition) is 4. The van der Waals surface area contributed by atoms with Crippen molar-refractivity contribution in [3.63, 3.8) is 0 Å². The van der Waals surface area contributed by atoms with E-state index in [1.54, 1.807) is 18.6 Å². The Labute approximate surface area is 101 Å². The molecule has 0 aliphatic heterocycles. The maximum atomic E-state index is 5.84. The van der Waals surface area contributed by atoms with Crippen molar-refractivity contribution >= 4 is 0 Å². The van der Waals surface area contributed by atoms with E-state index >= 15 is 0 Å². The van der Waals surface area contributed by atoms with Gasteiger partial charge in [-0.3, -0.25) is 4.98 Å². The summed E-state index contributed by atoms with van der Waals surface area (Å²) in [6.45, 7) is 5.91. The summed E-state index contributed by atoms with van der Waals surface area (Å²) in [6, 6.07) is 1.91. The molecule has 2 N–H and O–H groups in total. The molecule has 0 aliphatic carbocycles. The highest BCUT2D eigenvalue weighted by Gasteiger charge is 2.09. The molecule has 0 saturated heterocycles. The molecule has 0 fully saturated rings. The van der Waals surface area contributed by atoms with Crippen LogP contribution in [-0.2, 0) is 0 Å². The molecule has 1 atom stereocenters. The summed E-state index contributed by atoms with van der Waals surface area (Å²) in [5, 5.41) is 0. The van der Waals surface area contributed by atoms with E-state index in [9.17, 15) is 0 Å². The van der Waals surface area contributed by atoms with Gasteiger partial charge in [0.1, 0.15) is 0 Å². The van der Waals surface area contributed by atoms with Crippen LogP contribution in [0.4, 0.5) is 0 Å². The zero-order valence-electron chi connectivity index (χ0n) is 10.3. The van der Waals surface area contributed by atoms with E-state index in [-0.39, 0.29) is 6.04 Å². The fourth-order valence-corrected chi connectivity index (χ4v) is 1.75. The summed E-state index contributed by atoms with van der Waals surface area (Å²) in [5.74, 6) is 0.706. The fourth-order valence-electron chi connectivity index (χ4n) is 1.75. The van der Waals surface area contributed by atoms with Crippen LogP contribution in [0.25, 0.3) is 11.4 Å². The fraction of sp³-hybridized carbons (Fsp3) is 0.308. The van der Waals surface area contributed by atoms with Gasteiger partial charge in [-0.2, -0.15) is 0 Å². The Balaban J connectivity index is 2.49. The van der Waals surface area contributed by atoms with E-state index in [1.807, 2.05) is 26.8 Å². The lowest BCUT2D eigenvalue weighted by Crippen LogP contribution is -2.09. The molecular weight excluding hydrogens is 212 g/mol. The van der Waals surface area contributed by atoms with Gasteiger partial charge in [-0.05, 0) is 32.4 Å². The quantitative estimate of drug-likeness (QED) is 0.855. The van der Waals surface area contributed by atoms with Crippen LogP contribution in [0.5, 0.6) is 0 Å². The van der Waals surface area contributed by atoms with Gasteiger partial charge in [0.25, 0.3) is 0 Å². The average Bonchev–Trinajstić information content (AvgIpc) is 2.29. The van der Waals surface area contributed by atoms with Crippen LogP contribution >= 0.6 is 0 Å². The van der Waals surface area contributed by atoms with E-state index < -0.39 is 0 Å². The standard InChI is InChI=1S/C13H16N4/c1-8-4-5-15-6-11(8)13-16-7-12(9(2)14)10(3)17-13/h4-7,9H,14H2,1-3H3/t9-/m0/s1. The Morgan fingerprint density at radius 1 is 1.24 bits per heavy atom. The Bertz CT molecular complexity index is 535. The molecule has 17 heavy (non-hydrogen) atoms. The molecule has 0 aromatic carbocycles. The molecular formula is C13H16N4. The first-order valence-corrected chi connectivity index (χ1v) is 5.59. The van der Waals surface area contributed by atoms with E-state index in [1.165, 1.54) is 0 Å². The molecule has 4 nitrogen and oxygen atoms in total. The summed E-state index contributed by atoms with van der Waals surface area (Å²) < 4.78 is 0. The molecule has 0 unspecified atom stereocenters. The smallest absolute Gasteiger partial charge is 0.161 e. The van der Waals surface area contributed by atoms with Crippen molar-refractivity contribution in [3.05, 3.63) is 41.5 Å². The van der Waals surface area contributed by atoms with Crippen molar-refractivity contribution in [2.45, 2.75) is 26.8 Å². The van der Waals surface area contributed by atoms with Gasteiger partial charge < -0.3 is 5.73 Å². The lowest BCUT2D eigenvalue weighted by atomic mass is 10.1. The molecule has 0 amide bonds. The third kappa shape index (κ3) is 2.31. The molecule has 88 valence electrons. The average molecular weight is 228 g/mol. The largest absolute Gasteiger partial charge is 0.324 e. The van der Waals surface area contributed by atoms with E-state index in [4.69, 9.17) is 5.73 Å². The molecule has 4 heteroatoms. The second-order valence-corrected chi connectivity index (χ2v) is 4.21. The Morgan fingerprint density at radius 3 is 2.59 bits per heavy atom. The highest BCUT2D eigenvalue weighted by molar-refractivity contribution is 5.58. The summed E-state index contributed by atoms with van der Waals surface area (Å²) in [7, 11) is 0. The highest BCUT2D eigenvalue weighted by Crippen LogP contribution is 2.20. The lowest BCUT2D eigenvalue weighted by molar-refractivity contribution is 0.790. The van der Waals surface area contributed by atoms with Crippen LogP contribution < -0.4 is 5.73 Å². The number of hydrogen-bond donors (Lipinski definition) is 1. The Kier molecular flexibility index (Phi) is 3.15. The van der Waals surface area contributed by atoms with Gasteiger partial charge in [0, 0.05) is 41.5 Å². The van der Waals surface area contributed by atoms with E-state index in [2.05, 4.69) is 15.0 Å². The third-order valence-corrected chi connectivity index (χ3v) is 2.79. The molecule has 0 spiro atoms. The predicted octanol–water partition coefficient (Wildman–Crippen LogP) is 2.18. The van der Waals surface area contributed by atoms with Crippen LogP contribution in [0.15, 0.2) is 24.7 Å². The Hall–Kier alpha value is -1.81. The van der Waals surface area contributed by atoms with Crippen LogP contribution in [0.3, 0.4) is 0 Å². The second-order valence-electron chi connectivity index (χ2n) is 4.21.